The van der Waals surface area contributed by atoms with Crippen LogP contribution >= 0.6 is 45.9 Å². The third-order valence-corrected chi connectivity index (χ3v) is 13.1. The van der Waals surface area contributed by atoms with E-state index >= 15 is 0 Å². The van der Waals surface area contributed by atoms with Gasteiger partial charge in [0, 0.05) is 32.9 Å². The van der Waals surface area contributed by atoms with Crippen LogP contribution in [0.25, 0.3) is 0 Å². The molecule has 0 radical (unpaired) electrons. The smallest absolute Gasteiger partial charge is 0.311 e. The fraction of sp³-hybridized carbons (Fsp3) is 0.290. The quantitative estimate of drug-likeness (QED) is 0.131. The van der Waals surface area contributed by atoms with Gasteiger partial charge in [0.2, 0.25) is 5.91 Å². The van der Waals surface area contributed by atoms with Gasteiger partial charge < -0.3 is 9.64 Å². The molecule has 0 bridgehead atoms. The largest absolute Gasteiger partial charge is 0.464 e. The number of nitrogens with zero attached hydrogens (tertiary/aromatic N) is 1. The first kappa shape index (κ1) is 36.7. The van der Waals surface area contributed by atoms with Crippen LogP contribution in [0.1, 0.15) is 40.6 Å². The highest BCUT2D eigenvalue weighted by Gasteiger charge is 2.31. The van der Waals surface area contributed by atoms with Crippen LogP contribution in [0, 0.1) is 13.8 Å². The van der Waals surface area contributed by atoms with Gasteiger partial charge in [0.15, 0.2) is 0 Å². The third-order valence-electron chi connectivity index (χ3n) is 7.35. The number of halogens is 2. The van der Waals surface area contributed by atoms with Gasteiger partial charge in [-0.3, -0.25) is 19.0 Å². The van der Waals surface area contributed by atoms with Crippen molar-refractivity contribution in [3.05, 3.63) is 90.2 Å². The number of benzene rings is 2. The number of rotatable bonds is 14. The Labute approximate surface area is 292 Å². The molecular weight excluding hydrogens is 726 g/mol. The van der Waals surface area contributed by atoms with Crippen molar-refractivity contribution in [3.63, 3.8) is 0 Å². The Bertz CT molecular complexity index is 1990. The first-order valence-corrected chi connectivity index (χ1v) is 19.8. The van der Waals surface area contributed by atoms with Crippen LogP contribution in [-0.2, 0) is 40.8 Å². The number of ether oxygens (including phenoxy) is 1. The molecule has 252 valence electrons. The molecule has 2 aromatic carbocycles. The summed E-state index contributed by atoms with van der Waals surface area (Å²) in [6.07, 6.45) is -0.270. The predicted octanol–water partition coefficient (Wildman–Crippen LogP) is 7.07. The number of carbonyl (C=O) groups excluding carboxylic acids is 2. The van der Waals surface area contributed by atoms with Crippen molar-refractivity contribution in [2.45, 2.75) is 49.8 Å². The lowest BCUT2D eigenvalue weighted by Gasteiger charge is -2.25. The minimum absolute atomic E-state index is 0.00639. The van der Waals surface area contributed by atoms with E-state index in [1.165, 1.54) is 35.6 Å². The van der Waals surface area contributed by atoms with Gasteiger partial charge >= 0.3 is 5.97 Å². The average molecular weight is 759 g/mol. The molecule has 0 saturated heterocycles. The van der Waals surface area contributed by atoms with Crippen LogP contribution in [0.4, 0.5) is 11.4 Å². The minimum atomic E-state index is -4.08. The summed E-state index contributed by atoms with van der Waals surface area (Å²) in [5.41, 5.74) is 1.16. The Balaban J connectivity index is 1.54. The Kier molecular flexibility index (Phi) is 12.0. The highest BCUT2D eigenvalue weighted by atomic mass is 35.5. The third kappa shape index (κ3) is 8.48. The van der Waals surface area contributed by atoms with E-state index in [9.17, 15) is 26.4 Å². The highest BCUT2D eigenvalue weighted by molar-refractivity contribution is 7.93. The number of hydrogen-bond donors (Lipinski definition) is 2. The number of thiophene rings is 2. The molecule has 2 heterocycles. The molecule has 0 fully saturated rings. The Morgan fingerprint density at radius 2 is 1.32 bits per heavy atom. The van der Waals surface area contributed by atoms with Gasteiger partial charge in [-0.2, -0.15) is 0 Å². The molecule has 4 aromatic rings. The topological polar surface area (TPSA) is 139 Å². The molecule has 0 aliphatic rings. The summed E-state index contributed by atoms with van der Waals surface area (Å²) in [6.45, 7) is 7.23. The van der Waals surface area contributed by atoms with Crippen molar-refractivity contribution in [2.75, 3.05) is 29.1 Å². The molecule has 1 amide bonds. The van der Waals surface area contributed by atoms with E-state index in [1.807, 2.05) is 13.8 Å². The number of sulfonamides is 2. The SMILES string of the molecule is CCN(CC)C(=O)C(COC(=O)Cc1sccc1NS(=O)(=O)c1cccc(Cl)c1C)c1sccc1NS(=O)(=O)c1cccc(Cl)c1C. The molecule has 0 aliphatic carbocycles. The van der Waals surface area contributed by atoms with Crippen LogP contribution in [0.2, 0.25) is 10.0 Å². The fourth-order valence-electron chi connectivity index (χ4n) is 4.77. The molecule has 4 rings (SSSR count). The number of carbonyl (C=O) groups is 2. The lowest BCUT2D eigenvalue weighted by atomic mass is 10.1. The van der Waals surface area contributed by atoms with Crippen LogP contribution in [0.3, 0.4) is 0 Å². The van der Waals surface area contributed by atoms with Crippen molar-refractivity contribution in [2.24, 2.45) is 0 Å². The van der Waals surface area contributed by atoms with Crippen LogP contribution in [0.15, 0.2) is 69.1 Å². The number of likely N-dealkylation sites (N-methyl/N-ethyl adjacent to an activating group) is 1. The number of amides is 1. The number of hydrogen-bond acceptors (Lipinski definition) is 9. The van der Waals surface area contributed by atoms with E-state index in [2.05, 4.69) is 9.44 Å². The molecular formula is C31H33Cl2N3O7S4. The van der Waals surface area contributed by atoms with Gasteiger partial charge in [0.05, 0.1) is 27.6 Å². The average Bonchev–Trinajstić information content (AvgIpc) is 3.64. The van der Waals surface area contributed by atoms with Gasteiger partial charge in [-0.1, -0.05) is 35.3 Å². The molecule has 0 saturated carbocycles. The van der Waals surface area contributed by atoms with E-state index in [4.69, 9.17) is 27.9 Å². The second-order valence-corrected chi connectivity index (χ2v) is 16.4. The van der Waals surface area contributed by atoms with Gasteiger partial charge in [-0.05, 0) is 86.0 Å². The molecule has 1 unspecified atom stereocenters. The summed E-state index contributed by atoms with van der Waals surface area (Å²) in [5.74, 6) is -2.05. The highest BCUT2D eigenvalue weighted by Crippen LogP contribution is 2.35. The number of esters is 1. The second kappa shape index (κ2) is 15.4. The van der Waals surface area contributed by atoms with Crippen molar-refractivity contribution >= 4 is 89.2 Å². The maximum Gasteiger partial charge on any atom is 0.311 e. The Hall–Kier alpha value is -3.14. The summed E-state index contributed by atoms with van der Waals surface area (Å²) in [6, 6.07) is 12.2. The molecule has 2 aromatic heterocycles. The molecule has 0 aliphatic heterocycles. The van der Waals surface area contributed by atoms with Crippen LogP contribution in [-0.4, -0.2) is 53.3 Å². The minimum Gasteiger partial charge on any atom is -0.464 e. The van der Waals surface area contributed by atoms with Crippen molar-refractivity contribution in [1.29, 1.82) is 0 Å². The van der Waals surface area contributed by atoms with E-state index in [-0.39, 0.29) is 40.1 Å². The van der Waals surface area contributed by atoms with Crippen LogP contribution < -0.4 is 9.44 Å². The van der Waals surface area contributed by atoms with Crippen molar-refractivity contribution in [1.82, 2.24) is 4.90 Å². The summed E-state index contributed by atoms with van der Waals surface area (Å²) in [4.78, 5) is 29.2. The number of anilines is 2. The summed E-state index contributed by atoms with van der Waals surface area (Å²) in [5, 5.41) is 3.88. The zero-order valence-electron chi connectivity index (χ0n) is 25.9. The molecule has 10 nitrogen and oxygen atoms in total. The molecule has 16 heteroatoms. The van der Waals surface area contributed by atoms with Crippen molar-refractivity contribution < 1.29 is 31.2 Å². The fourth-order valence-corrected chi connectivity index (χ4v) is 9.82. The van der Waals surface area contributed by atoms with E-state index in [0.717, 1.165) is 11.3 Å². The maximum absolute atomic E-state index is 13.7. The zero-order valence-corrected chi connectivity index (χ0v) is 30.7. The van der Waals surface area contributed by atoms with Gasteiger partial charge in [0.1, 0.15) is 12.5 Å². The molecule has 0 spiro atoms. The molecule has 47 heavy (non-hydrogen) atoms. The second-order valence-electron chi connectivity index (χ2n) is 10.3. The summed E-state index contributed by atoms with van der Waals surface area (Å²) >= 11 is 14.6. The van der Waals surface area contributed by atoms with E-state index < -0.39 is 31.9 Å². The van der Waals surface area contributed by atoms with Crippen molar-refractivity contribution in [3.8, 4) is 0 Å². The zero-order chi connectivity index (χ0) is 34.5. The van der Waals surface area contributed by atoms with Gasteiger partial charge in [-0.15, -0.1) is 22.7 Å². The molecule has 2 N–H and O–H groups in total. The lowest BCUT2D eigenvalue weighted by molar-refractivity contribution is -0.145. The molecule has 1 atom stereocenters. The monoisotopic (exact) mass is 757 g/mol. The van der Waals surface area contributed by atoms with E-state index in [0.29, 0.717) is 44.0 Å². The first-order valence-electron chi connectivity index (χ1n) is 14.3. The Morgan fingerprint density at radius 3 is 1.87 bits per heavy atom. The van der Waals surface area contributed by atoms with E-state index in [1.54, 1.807) is 53.8 Å². The van der Waals surface area contributed by atoms with Gasteiger partial charge in [0.25, 0.3) is 20.0 Å². The van der Waals surface area contributed by atoms with Crippen LogP contribution in [0.5, 0.6) is 0 Å². The lowest BCUT2D eigenvalue weighted by Crippen LogP contribution is -2.37. The summed E-state index contributed by atoms with van der Waals surface area (Å²) < 4.78 is 63.7. The summed E-state index contributed by atoms with van der Waals surface area (Å²) in [7, 11) is -8.10. The Morgan fingerprint density at radius 1 is 0.809 bits per heavy atom. The first-order chi connectivity index (χ1) is 22.2. The normalized spacial score (nSPS) is 12.4. The maximum atomic E-state index is 13.7. The standard InChI is InChI=1S/C31H33Cl2N3O7S4/c1-5-36(6-2)31(38)21(30-25(14-16-45-30)35-47(41,42)28-12-8-10-23(33)20(28)4)18-43-29(37)17-26-24(13-15-44-26)34-46(39,40)27-11-7-9-22(32)19(27)3/h7-16,21,34-35H,5-6,17-18H2,1-4H3. The number of nitrogens with one attached hydrogen (secondary N) is 2. The van der Waals surface area contributed by atoms with Gasteiger partial charge in [-0.25, -0.2) is 16.8 Å². The predicted molar refractivity (Wildman–Crippen MR) is 188 cm³/mol.